The normalized spacial score (nSPS) is 11.7. The molecule has 0 aliphatic rings. The molecule has 0 aliphatic heterocycles. The number of hydrogen-bond donors (Lipinski definition) is 0. The Bertz CT molecular complexity index is 3400. The van der Waals surface area contributed by atoms with E-state index in [0.717, 1.165) is 50.1 Å². The van der Waals surface area contributed by atoms with Crippen molar-refractivity contribution in [1.82, 2.24) is 9.13 Å². The zero-order valence-corrected chi connectivity index (χ0v) is 32.1. The van der Waals surface area contributed by atoms with Crippen LogP contribution in [0, 0.1) is 0 Å². The van der Waals surface area contributed by atoms with Crippen molar-refractivity contribution >= 4 is 54.8 Å². The highest BCUT2D eigenvalue weighted by Gasteiger charge is 2.22. The second-order valence-electron chi connectivity index (χ2n) is 15.3. The molecule has 0 saturated carbocycles. The van der Waals surface area contributed by atoms with E-state index in [4.69, 9.17) is 4.42 Å². The van der Waals surface area contributed by atoms with E-state index in [1.54, 1.807) is 0 Å². The van der Waals surface area contributed by atoms with Crippen LogP contribution in [-0.4, -0.2) is 9.13 Å². The SMILES string of the molecule is c1ccc(-c2ccc3c(c2)c2cc(-c4ccccc4)ccc2n3-c2ccc(-c3ccc(-c4cccc5oc6c(c7ccccc7n6-c6ccccc6)c45)cc3)cc2)cc1. The largest absolute Gasteiger partial charge is 0.439 e. The molecule has 276 valence electrons. The lowest BCUT2D eigenvalue weighted by Crippen LogP contribution is -1.94. The monoisotopic (exact) mass is 752 g/mol. The van der Waals surface area contributed by atoms with Gasteiger partial charge in [-0.05, 0) is 105 Å². The quantitative estimate of drug-likeness (QED) is 0.166. The minimum Gasteiger partial charge on any atom is -0.439 e. The summed E-state index contributed by atoms with van der Waals surface area (Å²) in [5.74, 6) is 0. The lowest BCUT2D eigenvalue weighted by molar-refractivity contribution is 0.645. The highest BCUT2D eigenvalue weighted by molar-refractivity contribution is 6.23. The fourth-order valence-electron chi connectivity index (χ4n) is 9.17. The summed E-state index contributed by atoms with van der Waals surface area (Å²) in [7, 11) is 0. The molecule has 0 bridgehead atoms. The van der Waals surface area contributed by atoms with E-state index in [0.29, 0.717) is 0 Å². The van der Waals surface area contributed by atoms with Gasteiger partial charge in [-0.1, -0.05) is 158 Å². The number of hydrogen-bond acceptors (Lipinski definition) is 1. The van der Waals surface area contributed by atoms with Crippen molar-refractivity contribution in [2.45, 2.75) is 0 Å². The molecule has 0 saturated heterocycles. The standard InChI is InChI=1S/C56H36N2O/c1-4-13-37(14-5-1)42-29-33-51-48(35-42)49-36-43(38-15-6-2-7-16-38)30-34-52(49)57(51)45-31-27-40(28-32-45)39-23-25-41(26-24-39)46-20-12-22-53-54(46)55-47-19-10-11-21-50(47)58(56(55)59-53)44-17-8-3-9-18-44/h1-36H. The smallest absolute Gasteiger partial charge is 0.213 e. The van der Waals surface area contributed by atoms with Crippen molar-refractivity contribution in [3.05, 3.63) is 218 Å². The van der Waals surface area contributed by atoms with E-state index in [1.165, 1.54) is 60.6 Å². The Morgan fingerprint density at radius 2 is 0.763 bits per heavy atom. The van der Waals surface area contributed by atoms with Gasteiger partial charge in [0.15, 0.2) is 0 Å². The maximum absolute atomic E-state index is 6.69. The maximum atomic E-state index is 6.69. The second-order valence-corrected chi connectivity index (χ2v) is 15.3. The molecule has 3 heteroatoms. The van der Waals surface area contributed by atoms with E-state index in [2.05, 4.69) is 228 Å². The van der Waals surface area contributed by atoms with Crippen molar-refractivity contribution in [1.29, 1.82) is 0 Å². The van der Waals surface area contributed by atoms with E-state index >= 15 is 0 Å². The summed E-state index contributed by atoms with van der Waals surface area (Å²) in [4.78, 5) is 0. The number of benzene rings is 9. The number of fused-ring (bicyclic) bond motifs is 8. The highest BCUT2D eigenvalue weighted by Crippen LogP contribution is 2.43. The summed E-state index contributed by atoms with van der Waals surface area (Å²) < 4.78 is 11.3. The summed E-state index contributed by atoms with van der Waals surface area (Å²) in [6.45, 7) is 0. The van der Waals surface area contributed by atoms with Gasteiger partial charge < -0.3 is 8.98 Å². The number of rotatable bonds is 6. The molecule has 12 rings (SSSR count). The second kappa shape index (κ2) is 13.4. The lowest BCUT2D eigenvalue weighted by atomic mass is 9.96. The first kappa shape index (κ1) is 33.3. The first-order valence-electron chi connectivity index (χ1n) is 20.2. The van der Waals surface area contributed by atoms with Gasteiger partial charge in [0, 0.05) is 32.9 Å². The average molecular weight is 753 g/mol. The average Bonchev–Trinajstić information content (AvgIpc) is 3.96. The third-order valence-electron chi connectivity index (χ3n) is 12.0. The van der Waals surface area contributed by atoms with Crippen LogP contribution in [-0.2, 0) is 0 Å². The zero-order chi connectivity index (χ0) is 38.9. The van der Waals surface area contributed by atoms with Gasteiger partial charge in [0.05, 0.1) is 21.9 Å². The van der Waals surface area contributed by atoms with Crippen LogP contribution in [0.15, 0.2) is 223 Å². The number of para-hydroxylation sites is 2. The predicted octanol–water partition coefficient (Wildman–Crippen LogP) is 15.3. The predicted molar refractivity (Wildman–Crippen MR) is 247 cm³/mol. The first-order chi connectivity index (χ1) is 29.3. The summed E-state index contributed by atoms with van der Waals surface area (Å²) in [5.41, 5.74) is 17.0. The minimum absolute atomic E-state index is 0.869. The van der Waals surface area contributed by atoms with Gasteiger partial charge in [-0.15, -0.1) is 0 Å². The molecule has 3 nitrogen and oxygen atoms in total. The van der Waals surface area contributed by atoms with Crippen molar-refractivity contribution in [2.75, 3.05) is 0 Å². The molecular weight excluding hydrogens is 717 g/mol. The number of aromatic nitrogens is 2. The van der Waals surface area contributed by atoms with Crippen molar-refractivity contribution < 1.29 is 4.42 Å². The van der Waals surface area contributed by atoms with Crippen LogP contribution in [0.4, 0.5) is 0 Å². The molecule has 0 spiro atoms. The Kier molecular flexibility index (Phi) is 7.54. The molecule has 3 heterocycles. The molecular formula is C56H36N2O. The molecule has 0 atom stereocenters. The third kappa shape index (κ3) is 5.36. The minimum atomic E-state index is 0.869. The van der Waals surface area contributed by atoms with Crippen LogP contribution in [0.1, 0.15) is 0 Å². The molecule has 0 unspecified atom stereocenters. The summed E-state index contributed by atoms with van der Waals surface area (Å²) in [5, 5.41) is 5.96. The molecule has 0 N–H and O–H groups in total. The lowest BCUT2D eigenvalue weighted by Gasteiger charge is -2.11. The molecule has 0 aliphatic carbocycles. The van der Waals surface area contributed by atoms with E-state index in [9.17, 15) is 0 Å². The Labute approximate surface area is 341 Å². The molecule has 0 amide bonds. The highest BCUT2D eigenvalue weighted by atomic mass is 16.3. The number of furan rings is 1. The molecule has 0 fully saturated rings. The molecule has 59 heavy (non-hydrogen) atoms. The van der Waals surface area contributed by atoms with Gasteiger partial charge in [-0.2, -0.15) is 0 Å². The summed E-state index contributed by atoms with van der Waals surface area (Å²) in [6.07, 6.45) is 0. The first-order valence-corrected chi connectivity index (χ1v) is 20.2. The van der Waals surface area contributed by atoms with Crippen LogP contribution >= 0.6 is 0 Å². The van der Waals surface area contributed by atoms with Gasteiger partial charge in [0.1, 0.15) is 5.58 Å². The fraction of sp³-hybridized carbons (Fsp3) is 0. The van der Waals surface area contributed by atoms with Crippen LogP contribution in [0.25, 0.3) is 111 Å². The topological polar surface area (TPSA) is 23.0 Å². The van der Waals surface area contributed by atoms with Crippen LogP contribution in [0.2, 0.25) is 0 Å². The van der Waals surface area contributed by atoms with Crippen molar-refractivity contribution in [2.24, 2.45) is 0 Å². The summed E-state index contributed by atoms with van der Waals surface area (Å²) in [6, 6.07) is 78.5. The fourth-order valence-corrected chi connectivity index (χ4v) is 9.17. The molecule has 3 aromatic heterocycles. The van der Waals surface area contributed by atoms with Crippen LogP contribution < -0.4 is 0 Å². The molecule has 0 radical (unpaired) electrons. The van der Waals surface area contributed by atoms with Crippen molar-refractivity contribution in [3.63, 3.8) is 0 Å². The van der Waals surface area contributed by atoms with Crippen LogP contribution in [0.3, 0.4) is 0 Å². The van der Waals surface area contributed by atoms with Crippen LogP contribution in [0.5, 0.6) is 0 Å². The molecule has 9 aromatic carbocycles. The van der Waals surface area contributed by atoms with Gasteiger partial charge >= 0.3 is 0 Å². The Balaban J connectivity index is 0.932. The van der Waals surface area contributed by atoms with Gasteiger partial charge in [-0.3, -0.25) is 4.57 Å². The van der Waals surface area contributed by atoms with Gasteiger partial charge in [0.2, 0.25) is 5.71 Å². The van der Waals surface area contributed by atoms with Gasteiger partial charge in [-0.25, -0.2) is 0 Å². The van der Waals surface area contributed by atoms with E-state index < -0.39 is 0 Å². The molecule has 12 aromatic rings. The Hall–Kier alpha value is -7.88. The van der Waals surface area contributed by atoms with Gasteiger partial charge in [0.25, 0.3) is 0 Å². The van der Waals surface area contributed by atoms with E-state index in [1.807, 2.05) is 0 Å². The summed E-state index contributed by atoms with van der Waals surface area (Å²) >= 11 is 0. The maximum Gasteiger partial charge on any atom is 0.213 e. The van der Waals surface area contributed by atoms with E-state index in [-0.39, 0.29) is 0 Å². The third-order valence-corrected chi connectivity index (χ3v) is 12.0. The Morgan fingerprint density at radius 3 is 1.39 bits per heavy atom. The number of nitrogens with zero attached hydrogens (tertiary/aromatic N) is 2. The zero-order valence-electron chi connectivity index (χ0n) is 32.1. The Morgan fingerprint density at radius 1 is 0.288 bits per heavy atom. The van der Waals surface area contributed by atoms with Crippen molar-refractivity contribution in [3.8, 4) is 55.9 Å².